The minimum Gasteiger partial charge on any atom is -0.497 e. The molecule has 0 atom stereocenters. The van der Waals surface area contributed by atoms with Crippen molar-refractivity contribution in [1.82, 2.24) is 10.2 Å². The average molecular weight is 296 g/mol. The summed E-state index contributed by atoms with van der Waals surface area (Å²) in [6.45, 7) is 0.572. The average Bonchev–Trinajstić information content (AvgIpc) is 2.56. The second-order valence-electron chi connectivity index (χ2n) is 4.90. The fourth-order valence-corrected chi connectivity index (χ4v) is 1.96. The third-order valence-corrected chi connectivity index (χ3v) is 3.21. The molecule has 0 aliphatic rings. The quantitative estimate of drug-likeness (QED) is 0.917. The Labute approximate surface area is 131 Å². The molecule has 0 radical (unpaired) electrons. The smallest absolute Gasteiger partial charge is 0.321 e. The zero-order valence-electron chi connectivity index (χ0n) is 12.8. The summed E-state index contributed by atoms with van der Waals surface area (Å²) in [4.78, 5) is 13.6. The first kappa shape index (κ1) is 15.6. The Morgan fingerprint density at radius 3 is 2.45 bits per heavy atom. The molecule has 0 heterocycles. The molecule has 0 saturated heterocycles. The Balaban J connectivity index is 1.84. The topological polar surface area (TPSA) is 41.6 Å². The van der Waals surface area contributed by atoms with Gasteiger partial charge in [0, 0.05) is 19.8 Å². The molecule has 2 aromatic carbocycles. The zero-order chi connectivity index (χ0) is 15.8. The van der Waals surface area contributed by atoms with E-state index in [9.17, 15) is 4.79 Å². The largest absolute Gasteiger partial charge is 0.497 e. The minimum atomic E-state index is -0.145. The number of amides is 2. The van der Waals surface area contributed by atoms with E-state index in [1.807, 2.05) is 60.7 Å². The number of methoxy groups -OCH3 is 1. The van der Waals surface area contributed by atoms with Gasteiger partial charge in [-0.3, -0.25) is 0 Å². The van der Waals surface area contributed by atoms with Crippen molar-refractivity contribution in [2.75, 3.05) is 14.2 Å². The van der Waals surface area contributed by atoms with Crippen LogP contribution in [0.25, 0.3) is 6.08 Å². The van der Waals surface area contributed by atoms with Gasteiger partial charge in [0.2, 0.25) is 0 Å². The Bertz CT molecular complexity index is 621. The van der Waals surface area contributed by atoms with E-state index < -0.39 is 0 Å². The maximum absolute atomic E-state index is 12.0. The van der Waals surface area contributed by atoms with Crippen molar-refractivity contribution in [3.8, 4) is 5.75 Å². The Kier molecular flexibility index (Phi) is 5.60. The van der Waals surface area contributed by atoms with Crippen LogP contribution in [0.4, 0.5) is 4.79 Å². The summed E-state index contributed by atoms with van der Waals surface area (Å²) >= 11 is 0. The highest BCUT2D eigenvalue weighted by Crippen LogP contribution is 2.12. The van der Waals surface area contributed by atoms with Crippen LogP contribution in [-0.2, 0) is 6.54 Å². The van der Waals surface area contributed by atoms with Gasteiger partial charge >= 0.3 is 6.03 Å². The van der Waals surface area contributed by atoms with E-state index in [1.165, 1.54) is 0 Å². The molecule has 2 aromatic rings. The standard InChI is InChI=1S/C18H20N2O2/c1-20(14-16-6-4-3-5-7-16)18(21)19-13-12-15-8-10-17(22-2)11-9-15/h3-13H,14H2,1-2H3,(H,19,21)/b13-12+. The predicted molar refractivity (Wildman–Crippen MR) is 88.5 cm³/mol. The molecule has 2 rings (SSSR count). The van der Waals surface area contributed by atoms with E-state index in [4.69, 9.17) is 4.74 Å². The second kappa shape index (κ2) is 7.88. The normalized spacial score (nSPS) is 10.5. The van der Waals surface area contributed by atoms with Crippen LogP contribution < -0.4 is 10.1 Å². The van der Waals surface area contributed by atoms with Crippen LogP contribution in [0, 0.1) is 0 Å². The number of urea groups is 1. The van der Waals surface area contributed by atoms with Gasteiger partial charge in [-0.25, -0.2) is 4.79 Å². The van der Waals surface area contributed by atoms with Gasteiger partial charge in [-0.1, -0.05) is 42.5 Å². The molecule has 4 nitrogen and oxygen atoms in total. The molecule has 0 aromatic heterocycles. The lowest BCUT2D eigenvalue weighted by atomic mass is 10.2. The molecule has 0 bridgehead atoms. The first-order chi connectivity index (χ1) is 10.7. The molecular formula is C18H20N2O2. The molecule has 0 saturated carbocycles. The first-order valence-corrected chi connectivity index (χ1v) is 7.05. The van der Waals surface area contributed by atoms with E-state index in [1.54, 1.807) is 25.3 Å². The summed E-state index contributed by atoms with van der Waals surface area (Å²) in [5.41, 5.74) is 2.09. The molecule has 114 valence electrons. The highest BCUT2D eigenvalue weighted by atomic mass is 16.5. The monoisotopic (exact) mass is 296 g/mol. The Hall–Kier alpha value is -2.75. The maximum atomic E-state index is 12.0. The molecule has 4 heteroatoms. The van der Waals surface area contributed by atoms with Crippen LogP contribution in [0.2, 0.25) is 0 Å². The lowest BCUT2D eigenvalue weighted by molar-refractivity contribution is 0.211. The Morgan fingerprint density at radius 2 is 1.82 bits per heavy atom. The first-order valence-electron chi connectivity index (χ1n) is 7.05. The van der Waals surface area contributed by atoms with Gasteiger partial charge in [0.1, 0.15) is 5.75 Å². The van der Waals surface area contributed by atoms with Gasteiger partial charge in [0.05, 0.1) is 7.11 Å². The molecule has 0 aliphatic carbocycles. The van der Waals surface area contributed by atoms with Crippen LogP contribution in [-0.4, -0.2) is 25.1 Å². The SMILES string of the molecule is COc1ccc(/C=C/NC(=O)N(C)Cc2ccccc2)cc1. The van der Waals surface area contributed by atoms with Crippen molar-refractivity contribution in [2.24, 2.45) is 0 Å². The number of nitrogens with one attached hydrogen (secondary N) is 1. The van der Waals surface area contributed by atoms with Gasteiger partial charge in [0.15, 0.2) is 0 Å². The van der Waals surface area contributed by atoms with Crippen LogP contribution >= 0.6 is 0 Å². The van der Waals surface area contributed by atoms with Gasteiger partial charge in [0.25, 0.3) is 0 Å². The third kappa shape index (κ3) is 4.66. The molecule has 2 amide bonds. The van der Waals surface area contributed by atoms with Crippen molar-refractivity contribution in [3.05, 3.63) is 71.9 Å². The molecule has 0 unspecified atom stereocenters. The number of rotatable bonds is 5. The highest BCUT2D eigenvalue weighted by molar-refractivity contribution is 5.75. The number of carbonyl (C=O) groups is 1. The summed E-state index contributed by atoms with van der Waals surface area (Å²) in [6.07, 6.45) is 3.49. The number of carbonyl (C=O) groups excluding carboxylic acids is 1. The van der Waals surface area contributed by atoms with Gasteiger partial charge in [-0.2, -0.15) is 0 Å². The summed E-state index contributed by atoms with van der Waals surface area (Å²) in [7, 11) is 3.40. The molecule has 0 fully saturated rings. The van der Waals surface area contributed by atoms with Crippen molar-refractivity contribution >= 4 is 12.1 Å². The summed E-state index contributed by atoms with van der Waals surface area (Å²) in [5, 5.41) is 2.75. The molecule has 0 spiro atoms. The number of ether oxygens (including phenoxy) is 1. The van der Waals surface area contributed by atoms with Gasteiger partial charge in [-0.05, 0) is 29.3 Å². The number of hydrogen-bond donors (Lipinski definition) is 1. The fourth-order valence-electron chi connectivity index (χ4n) is 1.96. The van der Waals surface area contributed by atoms with E-state index >= 15 is 0 Å². The Morgan fingerprint density at radius 1 is 1.14 bits per heavy atom. The maximum Gasteiger partial charge on any atom is 0.321 e. The summed E-state index contributed by atoms with van der Waals surface area (Å²) in [5.74, 6) is 0.809. The van der Waals surface area contributed by atoms with Crippen LogP contribution in [0.3, 0.4) is 0 Å². The number of nitrogens with zero attached hydrogens (tertiary/aromatic N) is 1. The lowest BCUT2D eigenvalue weighted by Crippen LogP contribution is -2.33. The van der Waals surface area contributed by atoms with E-state index in [-0.39, 0.29) is 6.03 Å². The molecule has 1 N–H and O–H groups in total. The van der Waals surface area contributed by atoms with Crippen molar-refractivity contribution in [3.63, 3.8) is 0 Å². The van der Waals surface area contributed by atoms with E-state index in [0.29, 0.717) is 6.54 Å². The van der Waals surface area contributed by atoms with Crippen LogP contribution in [0.5, 0.6) is 5.75 Å². The predicted octanol–water partition coefficient (Wildman–Crippen LogP) is 3.51. The zero-order valence-corrected chi connectivity index (χ0v) is 12.8. The lowest BCUT2D eigenvalue weighted by Gasteiger charge is -2.16. The van der Waals surface area contributed by atoms with Crippen molar-refractivity contribution in [2.45, 2.75) is 6.54 Å². The second-order valence-corrected chi connectivity index (χ2v) is 4.90. The van der Waals surface area contributed by atoms with Crippen LogP contribution in [0.1, 0.15) is 11.1 Å². The van der Waals surface area contributed by atoms with Crippen LogP contribution in [0.15, 0.2) is 60.8 Å². The minimum absolute atomic E-state index is 0.145. The third-order valence-electron chi connectivity index (χ3n) is 3.21. The van der Waals surface area contributed by atoms with E-state index in [2.05, 4.69) is 5.32 Å². The number of hydrogen-bond acceptors (Lipinski definition) is 2. The fraction of sp³-hybridized carbons (Fsp3) is 0.167. The van der Waals surface area contributed by atoms with Gasteiger partial charge < -0.3 is 15.0 Å². The van der Waals surface area contributed by atoms with Gasteiger partial charge in [-0.15, -0.1) is 0 Å². The van der Waals surface area contributed by atoms with Crippen molar-refractivity contribution in [1.29, 1.82) is 0 Å². The summed E-state index contributed by atoms with van der Waals surface area (Å²) in [6, 6.07) is 17.3. The van der Waals surface area contributed by atoms with Crippen molar-refractivity contribution < 1.29 is 9.53 Å². The summed E-state index contributed by atoms with van der Waals surface area (Å²) < 4.78 is 5.10. The molecule has 22 heavy (non-hydrogen) atoms. The van der Waals surface area contributed by atoms with E-state index in [0.717, 1.165) is 16.9 Å². The molecular weight excluding hydrogens is 276 g/mol. The number of benzene rings is 2. The molecule has 0 aliphatic heterocycles. The highest BCUT2D eigenvalue weighted by Gasteiger charge is 2.06.